The van der Waals surface area contributed by atoms with Crippen LogP contribution in [0.1, 0.15) is 22.8 Å². The molecule has 0 bridgehead atoms. The van der Waals surface area contributed by atoms with E-state index in [0.717, 1.165) is 15.6 Å². The topological polar surface area (TPSA) is 20.2 Å². The third kappa shape index (κ3) is 2.94. The molecule has 2 aromatic rings. The molecule has 94 valence electrons. The van der Waals surface area contributed by atoms with Crippen LogP contribution < -0.4 is 0 Å². The van der Waals surface area contributed by atoms with Gasteiger partial charge in [-0.1, -0.05) is 48.0 Å². The molecule has 0 aliphatic heterocycles. The number of benzene rings is 2. The van der Waals surface area contributed by atoms with Crippen molar-refractivity contribution >= 4 is 27.5 Å². The monoisotopic (exact) mass is 324 g/mol. The van der Waals surface area contributed by atoms with E-state index in [1.54, 1.807) is 0 Å². The minimum absolute atomic E-state index is 0.572. The average molecular weight is 326 g/mol. The molecular weight excluding hydrogens is 312 g/mol. The summed E-state index contributed by atoms with van der Waals surface area (Å²) < 4.78 is 0.811. The van der Waals surface area contributed by atoms with E-state index < -0.39 is 6.10 Å². The number of aliphatic hydroxyl groups excluding tert-OH is 1. The largest absolute Gasteiger partial charge is 0.388 e. The molecule has 3 heteroatoms. The van der Waals surface area contributed by atoms with E-state index in [-0.39, 0.29) is 0 Å². The molecule has 0 amide bonds. The molecule has 2 aromatic carbocycles. The lowest BCUT2D eigenvalue weighted by molar-refractivity contribution is 0.178. The van der Waals surface area contributed by atoms with Crippen LogP contribution in [0.4, 0.5) is 0 Å². The normalized spacial score (nSPS) is 12.4. The lowest BCUT2D eigenvalue weighted by Crippen LogP contribution is -2.04. The summed E-state index contributed by atoms with van der Waals surface area (Å²) >= 11 is 9.56. The Kier molecular flexibility index (Phi) is 4.44. The van der Waals surface area contributed by atoms with Crippen LogP contribution in [0.25, 0.3) is 0 Å². The van der Waals surface area contributed by atoms with E-state index in [0.29, 0.717) is 11.4 Å². The summed E-state index contributed by atoms with van der Waals surface area (Å²) in [6, 6.07) is 13.7. The van der Waals surface area contributed by atoms with Crippen LogP contribution in [0.15, 0.2) is 46.9 Å². The van der Waals surface area contributed by atoms with Crippen molar-refractivity contribution in [3.05, 3.63) is 68.7 Å². The molecule has 18 heavy (non-hydrogen) atoms. The number of aliphatic hydroxyl groups is 1. The second-order valence-electron chi connectivity index (χ2n) is 4.29. The Hall–Kier alpha value is -0.830. The van der Waals surface area contributed by atoms with Crippen LogP contribution in [0.3, 0.4) is 0 Å². The first kappa shape index (κ1) is 13.6. The molecular formula is C15H14BrClO. The summed E-state index contributed by atoms with van der Waals surface area (Å²) in [6.07, 6.45) is -0.0147. The van der Waals surface area contributed by atoms with Gasteiger partial charge in [0.05, 0.1) is 11.1 Å². The van der Waals surface area contributed by atoms with E-state index in [2.05, 4.69) is 15.9 Å². The molecule has 1 nitrogen and oxygen atoms in total. The average Bonchev–Trinajstić information content (AvgIpc) is 2.35. The van der Waals surface area contributed by atoms with Crippen molar-refractivity contribution in [1.82, 2.24) is 0 Å². The molecule has 0 fully saturated rings. The Morgan fingerprint density at radius 2 is 1.89 bits per heavy atom. The van der Waals surface area contributed by atoms with Gasteiger partial charge in [0.2, 0.25) is 0 Å². The van der Waals surface area contributed by atoms with Crippen molar-refractivity contribution in [1.29, 1.82) is 0 Å². The Morgan fingerprint density at radius 3 is 2.61 bits per heavy atom. The zero-order valence-corrected chi connectivity index (χ0v) is 12.4. The summed E-state index contributed by atoms with van der Waals surface area (Å²) in [5, 5.41) is 10.9. The molecule has 0 aromatic heterocycles. The van der Waals surface area contributed by atoms with Gasteiger partial charge in [-0.3, -0.25) is 0 Å². The van der Waals surface area contributed by atoms with Crippen molar-refractivity contribution in [3.63, 3.8) is 0 Å². The lowest BCUT2D eigenvalue weighted by atomic mass is 9.98. The molecule has 0 saturated carbocycles. The highest BCUT2D eigenvalue weighted by Gasteiger charge is 2.14. The van der Waals surface area contributed by atoms with E-state index in [1.165, 1.54) is 5.56 Å². The fraction of sp³-hybridized carbons (Fsp3) is 0.200. The molecule has 2 rings (SSSR count). The standard InChI is InChI=1S/C15H14BrClO/c1-10-5-2-3-6-11(10)9-14(18)12-7-4-8-13(16)15(12)17/h2-8,14,18H,9H2,1H3. The van der Waals surface area contributed by atoms with Gasteiger partial charge in [-0.2, -0.15) is 0 Å². The van der Waals surface area contributed by atoms with E-state index in [4.69, 9.17) is 11.6 Å². The highest BCUT2D eigenvalue weighted by molar-refractivity contribution is 9.10. The third-order valence-electron chi connectivity index (χ3n) is 3.01. The van der Waals surface area contributed by atoms with Gasteiger partial charge in [0.25, 0.3) is 0 Å². The molecule has 0 aliphatic rings. The molecule has 0 saturated heterocycles. The van der Waals surface area contributed by atoms with Crippen molar-refractivity contribution in [3.8, 4) is 0 Å². The first-order chi connectivity index (χ1) is 8.59. The Morgan fingerprint density at radius 1 is 1.17 bits per heavy atom. The molecule has 0 heterocycles. The van der Waals surface area contributed by atoms with E-state index in [1.807, 2.05) is 49.4 Å². The van der Waals surface area contributed by atoms with E-state index >= 15 is 0 Å². The van der Waals surface area contributed by atoms with E-state index in [9.17, 15) is 5.11 Å². The zero-order valence-electron chi connectivity index (χ0n) is 10.0. The quantitative estimate of drug-likeness (QED) is 0.868. The maximum atomic E-state index is 10.3. The first-order valence-electron chi connectivity index (χ1n) is 5.76. The SMILES string of the molecule is Cc1ccccc1CC(O)c1cccc(Br)c1Cl. The fourth-order valence-corrected chi connectivity index (χ4v) is 2.57. The zero-order chi connectivity index (χ0) is 13.1. The second-order valence-corrected chi connectivity index (χ2v) is 5.52. The fourth-order valence-electron chi connectivity index (χ4n) is 1.94. The number of hydrogen-bond donors (Lipinski definition) is 1. The van der Waals surface area contributed by atoms with Crippen LogP contribution in [-0.2, 0) is 6.42 Å². The summed E-state index contributed by atoms with van der Waals surface area (Å²) in [6.45, 7) is 2.05. The van der Waals surface area contributed by atoms with Crippen molar-refractivity contribution in [2.24, 2.45) is 0 Å². The highest BCUT2D eigenvalue weighted by Crippen LogP contribution is 2.32. The summed E-state index contributed by atoms with van der Waals surface area (Å²) in [5.74, 6) is 0. The van der Waals surface area contributed by atoms with Gasteiger partial charge < -0.3 is 5.11 Å². The molecule has 1 atom stereocenters. The van der Waals surface area contributed by atoms with Crippen LogP contribution >= 0.6 is 27.5 Å². The van der Waals surface area contributed by atoms with Gasteiger partial charge >= 0.3 is 0 Å². The predicted octanol–water partition coefficient (Wildman–Crippen LogP) is 4.69. The minimum atomic E-state index is -0.587. The third-order valence-corrected chi connectivity index (χ3v) is 4.33. The molecule has 0 aliphatic carbocycles. The van der Waals surface area contributed by atoms with Crippen LogP contribution in [0.2, 0.25) is 5.02 Å². The van der Waals surface area contributed by atoms with Crippen molar-refractivity contribution < 1.29 is 5.11 Å². The minimum Gasteiger partial charge on any atom is -0.388 e. The number of aryl methyl sites for hydroxylation is 1. The molecule has 0 spiro atoms. The maximum Gasteiger partial charge on any atom is 0.0845 e. The first-order valence-corrected chi connectivity index (χ1v) is 6.93. The number of hydrogen-bond acceptors (Lipinski definition) is 1. The molecule has 1 N–H and O–H groups in total. The summed E-state index contributed by atoms with van der Waals surface area (Å²) in [4.78, 5) is 0. The summed E-state index contributed by atoms with van der Waals surface area (Å²) in [5.41, 5.74) is 3.08. The Balaban J connectivity index is 2.25. The second kappa shape index (κ2) is 5.87. The predicted molar refractivity (Wildman–Crippen MR) is 79.0 cm³/mol. The smallest absolute Gasteiger partial charge is 0.0845 e. The number of rotatable bonds is 3. The van der Waals surface area contributed by atoms with Gasteiger partial charge in [-0.15, -0.1) is 0 Å². The summed E-state index contributed by atoms with van der Waals surface area (Å²) in [7, 11) is 0. The lowest BCUT2D eigenvalue weighted by Gasteiger charge is -2.15. The molecule has 1 unspecified atom stereocenters. The van der Waals surface area contributed by atoms with Gasteiger partial charge in [-0.25, -0.2) is 0 Å². The van der Waals surface area contributed by atoms with Crippen LogP contribution in [0.5, 0.6) is 0 Å². The maximum absolute atomic E-state index is 10.3. The van der Waals surface area contributed by atoms with Crippen LogP contribution in [0, 0.1) is 6.92 Å². The van der Waals surface area contributed by atoms with Crippen LogP contribution in [-0.4, -0.2) is 5.11 Å². The highest BCUT2D eigenvalue weighted by atomic mass is 79.9. The number of halogens is 2. The van der Waals surface area contributed by atoms with Gasteiger partial charge in [0.15, 0.2) is 0 Å². The van der Waals surface area contributed by atoms with Gasteiger partial charge in [0, 0.05) is 16.5 Å². The Bertz CT molecular complexity index is 554. The van der Waals surface area contributed by atoms with Crippen molar-refractivity contribution in [2.75, 3.05) is 0 Å². The van der Waals surface area contributed by atoms with Gasteiger partial charge in [-0.05, 0) is 40.0 Å². The Labute approximate surface area is 121 Å². The van der Waals surface area contributed by atoms with Gasteiger partial charge in [0.1, 0.15) is 0 Å². The molecule has 0 radical (unpaired) electrons. The van der Waals surface area contributed by atoms with Crippen molar-refractivity contribution in [2.45, 2.75) is 19.4 Å².